The minimum absolute atomic E-state index is 0.0169. The van der Waals surface area contributed by atoms with Crippen molar-refractivity contribution in [2.45, 2.75) is 42.1 Å². The number of hydrogen-bond acceptors (Lipinski definition) is 5. The van der Waals surface area contributed by atoms with Gasteiger partial charge in [-0.05, 0) is 36.6 Å². The zero-order valence-corrected chi connectivity index (χ0v) is 12.9. The predicted molar refractivity (Wildman–Crippen MR) is 75.3 cm³/mol. The van der Waals surface area contributed by atoms with Crippen molar-refractivity contribution in [3.05, 3.63) is 16.5 Å². The van der Waals surface area contributed by atoms with Crippen molar-refractivity contribution in [2.24, 2.45) is 5.92 Å². The van der Waals surface area contributed by atoms with Gasteiger partial charge in [-0.2, -0.15) is 0 Å². The summed E-state index contributed by atoms with van der Waals surface area (Å²) in [6.07, 6.45) is 3.40. The van der Waals surface area contributed by atoms with Gasteiger partial charge in [0.1, 0.15) is 0 Å². The van der Waals surface area contributed by atoms with E-state index < -0.39 is 15.9 Å². The number of sulfonamides is 1. The molecule has 2 aliphatic rings. The number of halogens is 1. The summed E-state index contributed by atoms with van der Waals surface area (Å²) in [6.45, 7) is 0. The summed E-state index contributed by atoms with van der Waals surface area (Å²) in [6, 6.07) is 1.50. The minimum atomic E-state index is -3.86. The number of ether oxygens (including phenoxy) is 1. The van der Waals surface area contributed by atoms with E-state index in [1.807, 2.05) is 0 Å². The molecule has 1 amide bonds. The van der Waals surface area contributed by atoms with Crippen LogP contribution in [0.3, 0.4) is 0 Å². The van der Waals surface area contributed by atoms with E-state index in [9.17, 15) is 13.2 Å². The number of carbonyl (C=O) groups is 1. The molecule has 1 aromatic rings. The second-order valence-electron chi connectivity index (χ2n) is 5.16. The lowest BCUT2D eigenvalue weighted by Crippen LogP contribution is -2.33. The second-order valence-corrected chi connectivity index (χ2v) is 8.36. The molecule has 0 saturated carbocycles. The molecule has 3 atom stereocenters. The predicted octanol–water partition coefficient (Wildman–Crippen LogP) is 2.16. The average Bonchev–Trinajstić information content (AvgIpc) is 3.03. The molecule has 5 nitrogen and oxygen atoms in total. The molecule has 3 heterocycles. The number of amides is 1. The lowest BCUT2D eigenvalue weighted by atomic mass is 9.87. The number of fused-ring (bicyclic) bond motifs is 2. The highest BCUT2D eigenvalue weighted by atomic mass is 35.5. The van der Waals surface area contributed by atoms with Gasteiger partial charge in [-0.15, -0.1) is 11.3 Å². The number of thiophene rings is 1. The first-order chi connectivity index (χ1) is 9.45. The molecule has 0 spiro atoms. The van der Waals surface area contributed by atoms with Crippen LogP contribution in [-0.4, -0.2) is 26.5 Å². The Morgan fingerprint density at radius 1 is 1.50 bits per heavy atom. The molecule has 1 aromatic heterocycles. The molecule has 2 fully saturated rings. The van der Waals surface area contributed by atoms with Crippen LogP contribution >= 0.6 is 22.9 Å². The van der Waals surface area contributed by atoms with Crippen LogP contribution in [0.25, 0.3) is 0 Å². The van der Waals surface area contributed by atoms with Crippen LogP contribution in [0.2, 0.25) is 5.02 Å². The van der Waals surface area contributed by atoms with Gasteiger partial charge >= 0.3 is 0 Å². The average molecular weight is 336 g/mol. The van der Waals surface area contributed by atoms with Crippen molar-refractivity contribution in [2.75, 3.05) is 0 Å². The van der Waals surface area contributed by atoms with E-state index in [0.29, 0.717) is 0 Å². The Morgan fingerprint density at radius 3 is 2.85 bits per heavy atom. The van der Waals surface area contributed by atoms with Gasteiger partial charge < -0.3 is 4.74 Å². The molecule has 1 N–H and O–H groups in total. The summed E-state index contributed by atoms with van der Waals surface area (Å²) >= 11 is 6.78. The maximum Gasteiger partial charge on any atom is 0.275 e. The molecule has 3 unspecified atom stereocenters. The third-order valence-electron chi connectivity index (χ3n) is 3.76. The number of nitrogens with one attached hydrogen (secondary N) is 1. The molecule has 0 aliphatic carbocycles. The zero-order chi connectivity index (χ0) is 14.3. The zero-order valence-electron chi connectivity index (χ0n) is 10.5. The largest absolute Gasteiger partial charge is 0.375 e. The minimum Gasteiger partial charge on any atom is -0.375 e. The smallest absolute Gasteiger partial charge is 0.275 e. The lowest BCUT2D eigenvalue weighted by molar-refractivity contribution is -0.120. The fraction of sp³-hybridized carbons (Fsp3) is 0.583. The van der Waals surface area contributed by atoms with Crippen LogP contribution in [0.4, 0.5) is 0 Å². The first-order valence-corrected chi connectivity index (χ1v) is 9.14. The van der Waals surface area contributed by atoms with Crippen LogP contribution in [0, 0.1) is 5.92 Å². The van der Waals surface area contributed by atoms with Gasteiger partial charge in [-0.1, -0.05) is 11.6 Å². The van der Waals surface area contributed by atoms with E-state index in [0.717, 1.165) is 30.6 Å². The Kier molecular flexibility index (Phi) is 3.79. The van der Waals surface area contributed by atoms with Gasteiger partial charge in [0.15, 0.2) is 4.21 Å². The Labute approximate surface area is 126 Å². The third kappa shape index (κ3) is 2.72. The summed E-state index contributed by atoms with van der Waals surface area (Å²) in [5.74, 6) is -0.363. The normalized spacial score (nSPS) is 28.8. The van der Waals surface area contributed by atoms with Crippen molar-refractivity contribution in [1.29, 1.82) is 0 Å². The first kappa shape index (κ1) is 14.3. The van der Waals surface area contributed by atoms with Crippen molar-refractivity contribution >= 4 is 38.9 Å². The SMILES string of the molecule is O=C(CC1CC2CCC1O2)NS(=O)(=O)c1sccc1Cl. The molecule has 2 bridgehead atoms. The summed E-state index contributed by atoms with van der Waals surface area (Å²) < 4.78 is 31.8. The highest BCUT2D eigenvalue weighted by molar-refractivity contribution is 7.92. The monoisotopic (exact) mass is 335 g/mol. The van der Waals surface area contributed by atoms with E-state index in [-0.39, 0.29) is 33.8 Å². The number of carbonyl (C=O) groups excluding carboxylic acids is 1. The fourth-order valence-electron chi connectivity index (χ4n) is 2.91. The number of rotatable bonds is 4. The molecular formula is C12H14ClNO4S2. The molecule has 0 radical (unpaired) electrons. The van der Waals surface area contributed by atoms with Crippen LogP contribution in [0.1, 0.15) is 25.7 Å². The van der Waals surface area contributed by atoms with Gasteiger partial charge in [0.25, 0.3) is 10.0 Å². The van der Waals surface area contributed by atoms with Gasteiger partial charge in [0.2, 0.25) is 5.91 Å². The molecule has 2 aliphatic heterocycles. The van der Waals surface area contributed by atoms with Crippen LogP contribution < -0.4 is 4.72 Å². The maximum absolute atomic E-state index is 12.0. The Bertz CT molecular complexity index is 627. The quantitative estimate of drug-likeness (QED) is 0.915. The Hall–Kier alpha value is -0.630. The van der Waals surface area contributed by atoms with Gasteiger partial charge in [-0.3, -0.25) is 4.79 Å². The van der Waals surface area contributed by atoms with Crippen LogP contribution in [-0.2, 0) is 19.6 Å². The van der Waals surface area contributed by atoms with E-state index in [2.05, 4.69) is 4.72 Å². The fourth-order valence-corrected chi connectivity index (χ4v) is 5.59. The Balaban J connectivity index is 1.63. The summed E-state index contributed by atoms with van der Waals surface area (Å²) in [7, 11) is -3.86. The van der Waals surface area contributed by atoms with Gasteiger partial charge in [-0.25, -0.2) is 13.1 Å². The van der Waals surface area contributed by atoms with E-state index in [1.54, 1.807) is 5.38 Å². The maximum atomic E-state index is 12.0. The highest BCUT2D eigenvalue weighted by Gasteiger charge is 2.41. The van der Waals surface area contributed by atoms with E-state index >= 15 is 0 Å². The first-order valence-electron chi connectivity index (χ1n) is 6.40. The molecule has 20 heavy (non-hydrogen) atoms. The molecular weight excluding hydrogens is 322 g/mol. The van der Waals surface area contributed by atoms with Crippen molar-refractivity contribution in [3.63, 3.8) is 0 Å². The summed E-state index contributed by atoms with van der Waals surface area (Å²) in [4.78, 5) is 11.9. The van der Waals surface area contributed by atoms with Crippen molar-refractivity contribution in [3.8, 4) is 0 Å². The van der Waals surface area contributed by atoms with Crippen molar-refractivity contribution in [1.82, 2.24) is 4.72 Å². The number of hydrogen-bond donors (Lipinski definition) is 1. The summed E-state index contributed by atoms with van der Waals surface area (Å²) in [5, 5.41) is 1.71. The van der Waals surface area contributed by atoms with Crippen LogP contribution in [0.15, 0.2) is 15.7 Å². The highest BCUT2D eigenvalue weighted by Crippen LogP contribution is 2.40. The van der Waals surface area contributed by atoms with E-state index in [1.165, 1.54) is 6.07 Å². The second kappa shape index (κ2) is 5.29. The third-order valence-corrected chi connectivity index (χ3v) is 7.15. The molecule has 3 rings (SSSR count). The van der Waals surface area contributed by atoms with Gasteiger partial charge in [0.05, 0.1) is 17.2 Å². The topological polar surface area (TPSA) is 72.5 Å². The van der Waals surface area contributed by atoms with E-state index in [4.69, 9.17) is 16.3 Å². The van der Waals surface area contributed by atoms with Crippen molar-refractivity contribution < 1.29 is 17.9 Å². The Morgan fingerprint density at radius 2 is 2.30 bits per heavy atom. The van der Waals surface area contributed by atoms with Gasteiger partial charge in [0, 0.05) is 6.42 Å². The molecule has 8 heteroatoms. The molecule has 0 aromatic carbocycles. The standard InChI is InChI=1S/C12H14ClNO4S2/c13-9-3-4-19-12(9)20(16,17)14-11(15)6-7-5-8-1-2-10(7)18-8/h3-4,7-8,10H,1-2,5-6H2,(H,14,15). The lowest BCUT2D eigenvalue weighted by Gasteiger charge is -2.17. The summed E-state index contributed by atoms with van der Waals surface area (Å²) in [5.41, 5.74) is 0. The molecule has 110 valence electrons. The molecule has 2 saturated heterocycles. The van der Waals surface area contributed by atoms with Crippen LogP contribution in [0.5, 0.6) is 0 Å².